The summed E-state index contributed by atoms with van der Waals surface area (Å²) in [6.45, 7) is 6.45. The van der Waals surface area contributed by atoms with Crippen molar-refractivity contribution >= 4 is 63.3 Å². The molecule has 0 atom stereocenters. The van der Waals surface area contributed by atoms with Gasteiger partial charge in [-0.05, 0) is 11.8 Å². The Labute approximate surface area is 126 Å². The summed E-state index contributed by atoms with van der Waals surface area (Å²) >= 11 is 0. The van der Waals surface area contributed by atoms with E-state index in [1.807, 2.05) is 0 Å². The first-order chi connectivity index (χ1) is 5.70. The minimum atomic E-state index is -1.69. The van der Waals surface area contributed by atoms with E-state index in [1.165, 1.54) is 0 Å². The average Bonchev–Trinajstić information content (AvgIpc) is 1.83. The van der Waals surface area contributed by atoms with Gasteiger partial charge in [0.2, 0.25) is 0 Å². The zero-order valence-electron chi connectivity index (χ0n) is 8.42. The summed E-state index contributed by atoms with van der Waals surface area (Å²) in [6, 6.07) is 0. The molecular formula is C9H17KO4. The second-order valence-corrected chi connectivity index (χ2v) is 4.12. The van der Waals surface area contributed by atoms with Gasteiger partial charge >= 0.3 is 63.3 Å². The molecule has 2 N–H and O–H groups in total. The topological polar surface area (TPSA) is 74.6 Å². The summed E-state index contributed by atoms with van der Waals surface area (Å²) < 4.78 is 0. The van der Waals surface area contributed by atoms with Crippen LogP contribution in [0.15, 0.2) is 0 Å². The second kappa shape index (κ2) is 5.60. The van der Waals surface area contributed by atoms with Gasteiger partial charge in [0.15, 0.2) is 5.41 Å². The first-order valence-corrected chi connectivity index (χ1v) is 4.17. The minimum absolute atomic E-state index is 0. The van der Waals surface area contributed by atoms with E-state index in [-0.39, 0.29) is 57.8 Å². The normalized spacial score (nSPS) is 11.7. The molecule has 14 heavy (non-hydrogen) atoms. The number of carboxylic acids is 2. The molecule has 0 radical (unpaired) electrons. The molecule has 78 valence electrons. The molecule has 0 aliphatic heterocycles. The van der Waals surface area contributed by atoms with Crippen LogP contribution < -0.4 is 0 Å². The van der Waals surface area contributed by atoms with Crippen molar-refractivity contribution in [2.24, 2.45) is 10.8 Å². The maximum atomic E-state index is 11.0. The molecule has 0 aromatic carbocycles. The van der Waals surface area contributed by atoms with Gasteiger partial charge in [0, 0.05) is 0 Å². The number of hydrogen-bond donors (Lipinski definition) is 2. The number of aliphatic carboxylic acids is 2. The van der Waals surface area contributed by atoms with Crippen molar-refractivity contribution < 1.29 is 19.8 Å². The Bertz CT molecular complexity index is 215. The van der Waals surface area contributed by atoms with Gasteiger partial charge in [-0.2, -0.15) is 0 Å². The summed E-state index contributed by atoms with van der Waals surface area (Å²) in [5, 5.41) is 17.9. The third-order valence-corrected chi connectivity index (χ3v) is 2.54. The molecular weight excluding hydrogens is 211 g/mol. The number of carbonyl (C=O) groups is 2. The quantitative estimate of drug-likeness (QED) is 0.557. The van der Waals surface area contributed by atoms with Gasteiger partial charge in [-0.1, -0.05) is 27.7 Å². The molecule has 0 aromatic heterocycles. The Morgan fingerprint density at radius 2 is 1.36 bits per heavy atom. The van der Waals surface area contributed by atoms with Gasteiger partial charge in [-0.15, -0.1) is 0 Å². The summed E-state index contributed by atoms with van der Waals surface area (Å²) in [4.78, 5) is 21.9. The second-order valence-electron chi connectivity index (χ2n) is 4.12. The molecule has 4 nitrogen and oxygen atoms in total. The van der Waals surface area contributed by atoms with E-state index in [0.717, 1.165) is 0 Å². The fourth-order valence-corrected chi connectivity index (χ4v) is 1.57. The molecule has 0 heterocycles. The van der Waals surface area contributed by atoms with Crippen molar-refractivity contribution in [1.82, 2.24) is 0 Å². The Morgan fingerprint density at radius 3 is 1.36 bits per heavy atom. The van der Waals surface area contributed by atoms with Crippen LogP contribution in [0.2, 0.25) is 0 Å². The van der Waals surface area contributed by atoms with Crippen LogP contribution in [0.4, 0.5) is 0 Å². The molecule has 0 saturated carbocycles. The summed E-state index contributed by atoms with van der Waals surface area (Å²) in [7, 11) is 0. The van der Waals surface area contributed by atoms with Gasteiger partial charge in [0.25, 0.3) is 0 Å². The number of hydrogen-bond acceptors (Lipinski definition) is 2. The Hall–Kier alpha value is 0.576. The van der Waals surface area contributed by atoms with Crippen LogP contribution in [0, 0.1) is 10.8 Å². The standard InChI is InChI=1S/C9H16O4.K.H/c1-5-9(6(10)11,7(12)13)8(2,3)4;;/h5H2,1-4H3,(H,10,11)(H,12,13);;. The van der Waals surface area contributed by atoms with E-state index in [0.29, 0.717) is 0 Å². The van der Waals surface area contributed by atoms with Gasteiger partial charge in [0.05, 0.1) is 0 Å². The monoisotopic (exact) mass is 228 g/mol. The third-order valence-electron chi connectivity index (χ3n) is 2.54. The molecule has 0 unspecified atom stereocenters. The molecule has 5 heteroatoms. The summed E-state index contributed by atoms with van der Waals surface area (Å²) in [6.07, 6.45) is 0.0845. The van der Waals surface area contributed by atoms with E-state index in [4.69, 9.17) is 10.2 Å². The van der Waals surface area contributed by atoms with Crippen LogP contribution in [0.1, 0.15) is 34.1 Å². The molecule has 0 bridgehead atoms. The Morgan fingerprint density at radius 1 is 1.07 bits per heavy atom. The van der Waals surface area contributed by atoms with Gasteiger partial charge in [0.1, 0.15) is 0 Å². The summed E-state index contributed by atoms with van der Waals surface area (Å²) in [5.41, 5.74) is -2.48. The molecule has 0 fully saturated rings. The number of carboxylic acid groups (broad SMARTS) is 2. The average molecular weight is 228 g/mol. The van der Waals surface area contributed by atoms with Crippen molar-refractivity contribution in [3.63, 3.8) is 0 Å². The molecule has 0 aliphatic rings. The van der Waals surface area contributed by atoms with Gasteiger partial charge in [-0.3, -0.25) is 9.59 Å². The first-order valence-electron chi connectivity index (χ1n) is 4.17. The van der Waals surface area contributed by atoms with E-state index in [2.05, 4.69) is 0 Å². The Kier molecular flexibility index (Phi) is 6.80. The maximum absolute atomic E-state index is 11.0. The van der Waals surface area contributed by atoms with Crippen LogP contribution in [0.5, 0.6) is 0 Å². The predicted molar refractivity (Wildman–Crippen MR) is 54.6 cm³/mol. The van der Waals surface area contributed by atoms with Crippen molar-refractivity contribution in [2.45, 2.75) is 34.1 Å². The SMILES string of the molecule is CCC(C(=O)O)(C(=O)O)C(C)(C)C.[KH]. The van der Waals surface area contributed by atoms with Gasteiger partial charge < -0.3 is 10.2 Å². The third kappa shape index (κ3) is 2.79. The molecule has 0 rings (SSSR count). The Balaban J connectivity index is 0. The van der Waals surface area contributed by atoms with Crippen LogP contribution >= 0.6 is 0 Å². The fraction of sp³-hybridized carbons (Fsp3) is 0.778. The molecule has 0 aliphatic carbocycles. The first kappa shape index (κ1) is 17.0. The van der Waals surface area contributed by atoms with E-state index < -0.39 is 22.8 Å². The van der Waals surface area contributed by atoms with E-state index in [9.17, 15) is 9.59 Å². The number of rotatable bonds is 3. The van der Waals surface area contributed by atoms with Crippen LogP contribution in [-0.4, -0.2) is 73.5 Å². The van der Waals surface area contributed by atoms with Crippen LogP contribution in [-0.2, 0) is 9.59 Å². The molecule has 0 spiro atoms. The van der Waals surface area contributed by atoms with Crippen LogP contribution in [0.3, 0.4) is 0 Å². The van der Waals surface area contributed by atoms with Gasteiger partial charge in [-0.25, -0.2) is 0 Å². The summed E-state index contributed by atoms with van der Waals surface area (Å²) in [5.74, 6) is -2.54. The zero-order chi connectivity index (χ0) is 10.9. The van der Waals surface area contributed by atoms with Crippen molar-refractivity contribution in [3.8, 4) is 0 Å². The van der Waals surface area contributed by atoms with Crippen molar-refractivity contribution in [3.05, 3.63) is 0 Å². The van der Waals surface area contributed by atoms with E-state index >= 15 is 0 Å². The van der Waals surface area contributed by atoms with Crippen molar-refractivity contribution in [1.29, 1.82) is 0 Å². The fourth-order valence-electron chi connectivity index (χ4n) is 1.57. The molecule has 0 saturated heterocycles. The van der Waals surface area contributed by atoms with Crippen molar-refractivity contribution in [2.75, 3.05) is 0 Å². The predicted octanol–water partition coefficient (Wildman–Crippen LogP) is 0.950. The van der Waals surface area contributed by atoms with Crippen LogP contribution in [0.25, 0.3) is 0 Å². The van der Waals surface area contributed by atoms with E-state index in [1.54, 1.807) is 27.7 Å². The molecule has 0 aromatic rings. The zero-order valence-corrected chi connectivity index (χ0v) is 8.42. The molecule has 0 amide bonds.